The van der Waals surface area contributed by atoms with Crippen LogP contribution in [0.1, 0.15) is 26.7 Å². The second-order valence-corrected chi connectivity index (χ2v) is 6.30. The zero-order valence-corrected chi connectivity index (χ0v) is 12.9. The van der Waals surface area contributed by atoms with E-state index in [-0.39, 0.29) is 24.0 Å². The van der Waals surface area contributed by atoms with Gasteiger partial charge in [0.1, 0.15) is 6.10 Å². The van der Waals surface area contributed by atoms with Crippen LogP contribution in [0.3, 0.4) is 0 Å². The van der Waals surface area contributed by atoms with Gasteiger partial charge in [-0.05, 0) is 26.7 Å². The summed E-state index contributed by atoms with van der Waals surface area (Å²) in [6.45, 7) is 6.59. The molecule has 2 aliphatic rings. The minimum Gasteiger partial charge on any atom is -0.368 e. The van der Waals surface area contributed by atoms with Crippen LogP contribution >= 0.6 is 0 Å². The van der Waals surface area contributed by atoms with Crippen LogP contribution in [-0.2, 0) is 14.3 Å². The van der Waals surface area contributed by atoms with E-state index in [1.165, 1.54) is 0 Å². The first-order chi connectivity index (χ1) is 9.86. The lowest BCUT2D eigenvalue weighted by Crippen LogP contribution is -2.61. The predicted octanol–water partition coefficient (Wildman–Crippen LogP) is -1.10. The lowest BCUT2D eigenvalue weighted by Gasteiger charge is -2.42. The van der Waals surface area contributed by atoms with Crippen LogP contribution in [0.2, 0.25) is 0 Å². The summed E-state index contributed by atoms with van der Waals surface area (Å²) in [4.78, 5) is 27.7. The van der Waals surface area contributed by atoms with Crippen molar-refractivity contribution in [3.05, 3.63) is 0 Å². The Labute approximate surface area is 125 Å². The number of rotatable bonds is 4. The van der Waals surface area contributed by atoms with E-state index in [0.29, 0.717) is 32.7 Å². The Morgan fingerprint density at radius 1 is 1.19 bits per heavy atom. The van der Waals surface area contributed by atoms with E-state index in [9.17, 15) is 9.59 Å². The van der Waals surface area contributed by atoms with Crippen LogP contribution < -0.4 is 11.5 Å². The average molecular weight is 298 g/mol. The summed E-state index contributed by atoms with van der Waals surface area (Å²) in [6.07, 6.45) is 1.25. The van der Waals surface area contributed by atoms with Gasteiger partial charge in [0.2, 0.25) is 5.91 Å². The molecule has 2 saturated heterocycles. The molecule has 0 saturated carbocycles. The second-order valence-electron chi connectivity index (χ2n) is 6.30. The molecule has 2 heterocycles. The molecule has 120 valence electrons. The van der Waals surface area contributed by atoms with Gasteiger partial charge in [-0.3, -0.25) is 14.5 Å². The highest BCUT2D eigenvalue weighted by atomic mass is 16.5. The Morgan fingerprint density at radius 3 is 2.29 bits per heavy atom. The molecule has 7 heteroatoms. The third kappa shape index (κ3) is 3.36. The molecular formula is C14H26N4O3. The number of ether oxygens (including phenoxy) is 1. The zero-order valence-electron chi connectivity index (χ0n) is 12.9. The van der Waals surface area contributed by atoms with Crippen molar-refractivity contribution in [3.8, 4) is 0 Å². The van der Waals surface area contributed by atoms with Crippen LogP contribution in [0.5, 0.6) is 0 Å². The SMILES string of the molecule is CC(C)(C(N)=O)N1CCN(C(=O)[C@@H]2CC[C@H](CN)O2)CC1. The summed E-state index contributed by atoms with van der Waals surface area (Å²) in [5, 5.41) is 0. The van der Waals surface area contributed by atoms with Crippen LogP contribution in [0.25, 0.3) is 0 Å². The molecule has 2 amide bonds. The van der Waals surface area contributed by atoms with E-state index in [1.807, 2.05) is 23.6 Å². The maximum atomic E-state index is 12.4. The number of piperazine rings is 1. The highest BCUT2D eigenvalue weighted by Crippen LogP contribution is 2.22. The molecule has 0 aliphatic carbocycles. The molecule has 2 fully saturated rings. The molecule has 7 nitrogen and oxygen atoms in total. The standard InChI is InChI=1S/C14H26N4O3/c1-14(2,13(16)20)18-7-5-17(6-8-18)12(19)11-4-3-10(9-15)21-11/h10-11H,3-9,15H2,1-2H3,(H2,16,20)/t10-,11+/m1/s1. The Hall–Kier alpha value is -1.18. The zero-order chi connectivity index (χ0) is 15.6. The van der Waals surface area contributed by atoms with Gasteiger partial charge in [0.25, 0.3) is 5.91 Å². The fourth-order valence-electron chi connectivity index (χ4n) is 2.91. The molecule has 2 atom stereocenters. The van der Waals surface area contributed by atoms with Gasteiger partial charge in [-0.1, -0.05) is 0 Å². The first kappa shape index (κ1) is 16.2. The monoisotopic (exact) mass is 298 g/mol. The fraction of sp³-hybridized carbons (Fsp3) is 0.857. The summed E-state index contributed by atoms with van der Waals surface area (Å²) in [7, 11) is 0. The molecular weight excluding hydrogens is 272 g/mol. The molecule has 0 spiro atoms. The van der Waals surface area contributed by atoms with Crippen LogP contribution in [0.4, 0.5) is 0 Å². The van der Waals surface area contributed by atoms with Gasteiger partial charge in [0.15, 0.2) is 0 Å². The quantitative estimate of drug-likeness (QED) is 0.686. The minimum absolute atomic E-state index is 0.00836. The number of hydrogen-bond donors (Lipinski definition) is 2. The maximum Gasteiger partial charge on any atom is 0.251 e. The maximum absolute atomic E-state index is 12.4. The largest absolute Gasteiger partial charge is 0.368 e. The number of amides is 2. The second kappa shape index (κ2) is 6.29. The van der Waals surface area contributed by atoms with Crippen LogP contribution in [0, 0.1) is 0 Å². The number of nitrogens with two attached hydrogens (primary N) is 2. The van der Waals surface area contributed by atoms with Crippen molar-refractivity contribution in [1.82, 2.24) is 9.80 Å². The first-order valence-electron chi connectivity index (χ1n) is 7.55. The summed E-state index contributed by atoms with van der Waals surface area (Å²) in [6, 6.07) is 0. The number of primary amides is 1. The van der Waals surface area contributed by atoms with Crippen LogP contribution in [0.15, 0.2) is 0 Å². The highest BCUT2D eigenvalue weighted by molar-refractivity contribution is 5.84. The summed E-state index contributed by atoms with van der Waals surface area (Å²) in [5.41, 5.74) is 10.3. The van der Waals surface area contributed by atoms with E-state index in [0.717, 1.165) is 12.8 Å². The van der Waals surface area contributed by atoms with Crippen molar-refractivity contribution < 1.29 is 14.3 Å². The Kier molecular flexibility index (Phi) is 4.85. The van der Waals surface area contributed by atoms with Crippen molar-refractivity contribution in [3.63, 3.8) is 0 Å². The minimum atomic E-state index is -0.677. The van der Waals surface area contributed by atoms with E-state index in [1.54, 1.807) is 0 Å². The van der Waals surface area contributed by atoms with E-state index in [2.05, 4.69) is 0 Å². The number of carbonyl (C=O) groups excluding carboxylic acids is 2. The van der Waals surface area contributed by atoms with Gasteiger partial charge >= 0.3 is 0 Å². The smallest absolute Gasteiger partial charge is 0.251 e. The summed E-state index contributed by atoms with van der Waals surface area (Å²) < 4.78 is 5.65. The molecule has 0 aromatic rings. The van der Waals surface area contributed by atoms with Crippen LogP contribution in [-0.4, -0.2) is 72.1 Å². The lowest BCUT2D eigenvalue weighted by atomic mass is 10.0. The Balaban J connectivity index is 1.87. The summed E-state index contributed by atoms with van der Waals surface area (Å²) >= 11 is 0. The van der Waals surface area contributed by atoms with E-state index < -0.39 is 5.54 Å². The molecule has 2 rings (SSSR count). The molecule has 0 unspecified atom stereocenters. The average Bonchev–Trinajstić information content (AvgIpc) is 2.95. The molecule has 0 aromatic carbocycles. The van der Waals surface area contributed by atoms with Crippen molar-refractivity contribution in [2.45, 2.75) is 44.4 Å². The molecule has 0 bridgehead atoms. The van der Waals surface area contributed by atoms with Crippen molar-refractivity contribution in [1.29, 1.82) is 0 Å². The first-order valence-corrected chi connectivity index (χ1v) is 7.55. The van der Waals surface area contributed by atoms with E-state index >= 15 is 0 Å². The van der Waals surface area contributed by atoms with Gasteiger partial charge in [-0.15, -0.1) is 0 Å². The molecule has 0 aromatic heterocycles. The molecule has 2 aliphatic heterocycles. The third-order valence-electron chi connectivity index (χ3n) is 4.63. The van der Waals surface area contributed by atoms with E-state index in [4.69, 9.17) is 16.2 Å². The molecule has 21 heavy (non-hydrogen) atoms. The normalized spacial score (nSPS) is 27.9. The number of carbonyl (C=O) groups is 2. The van der Waals surface area contributed by atoms with Crippen molar-refractivity contribution in [2.24, 2.45) is 11.5 Å². The topological polar surface area (TPSA) is 102 Å². The third-order valence-corrected chi connectivity index (χ3v) is 4.63. The highest BCUT2D eigenvalue weighted by Gasteiger charge is 2.38. The fourth-order valence-corrected chi connectivity index (χ4v) is 2.91. The van der Waals surface area contributed by atoms with Gasteiger partial charge in [-0.25, -0.2) is 0 Å². The molecule has 4 N–H and O–H groups in total. The van der Waals surface area contributed by atoms with Gasteiger partial charge < -0.3 is 21.1 Å². The Bertz CT molecular complexity index is 405. The van der Waals surface area contributed by atoms with Gasteiger partial charge in [0.05, 0.1) is 11.6 Å². The lowest BCUT2D eigenvalue weighted by molar-refractivity contribution is -0.146. The van der Waals surface area contributed by atoms with Crippen molar-refractivity contribution >= 4 is 11.8 Å². The molecule has 0 radical (unpaired) electrons. The predicted molar refractivity (Wildman–Crippen MR) is 78.4 cm³/mol. The van der Waals surface area contributed by atoms with Gasteiger partial charge in [0, 0.05) is 32.7 Å². The Morgan fingerprint density at radius 2 is 1.81 bits per heavy atom. The number of hydrogen-bond acceptors (Lipinski definition) is 5. The summed E-state index contributed by atoms with van der Waals surface area (Å²) in [5.74, 6) is -0.297. The number of nitrogens with zero attached hydrogens (tertiary/aromatic N) is 2. The van der Waals surface area contributed by atoms with Gasteiger partial charge in [-0.2, -0.15) is 0 Å². The van der Waals surface area contributed by atoms with Crippen molar-refractivity contribution in [2.75, 3.05) is 32.7 Å².